The monoisotopic (exact) mass is 669 g/mol. The smallest absolute Gasteiger partial charge is 0.249 e. The van der Waals surface area contributed by atoms with E-state index in [1.54, 1.807) is 0 Å². The van der Waals surface area contributed by atoms with Crippen LogP contribution in [0.3, 0.4) is 0 Å². The number of rotatable bonds is 26. The zero-order valence-electron chi connectivity index (χ0n) is 28.5. The van der Waals surface area contributed by atoms with E-state index in [4.69, 9.17) is 9.47 Å². The van der Waals surface area contributed by atoms with E-state index in [2.05, 4.69) is 36.5 Å². The first-order valence-corrected chi connectivity index (χ1v) is 17.5. The van der Waals surface area contributed by atoms with E-state index in [9.17, 15) is 40.5 Å². The summed E-state index contributed by atoms with van der Waals surface area (Å²) in [5, 5.41) is 74.7. The number of carbonyl (C=O) groups is 1. The van der Waals surface area contributed by atoms with Crippen LogP contribution >= 0.6 is 0 Å². The Balaban J connectivity index is 2.69. The Kier molecular flexibility index (Phi) is 24.7. The minimum atomic E-state index is -1.67. The van der Waals surface area contributed by atoms with Gasteiger partial charge >= 0.3 is 0 Å². The first-order valence-electron chi connectivity index (χ1n) is 17.5. The lowest BCUT2D eigenvalue weighted by Gasteiger charge is -2.40. The van der Waals surface area contributed by atoms with Crippen LogP contribution in [-0.2, 0) is 14.3 Å². The number of allylic oxidation sites excluding steroid dienone is 8. The molecule has 0 saturated carbocycles. The van der Waals surface area contributed by atoms with Gasteiger partial charge in [-0.15, -0.1) is 0 Å². The quantitative estimate of drug-likeness (QED) is 0.0502. The summed E-state index contributed by atoms with van der Waals surface area (Å²) in [6.45, 7) is 3.06. The van der Waals surface area contributed by atoms with E-state index in [1.165, 1.54) is 19.3 Å². The van der Waals surface area contributed by atoms with Gasteiger partial charge in [0.25, 0.3) is 0 Å². The van der Waals surface area contributed by atoms with Crippen LogP contribution in [0, 0.1) is 0 Å². The number of aliphatic hydroxyl groups excluding tert-OH is 7. The minimum Gasteiger partial charge on any atom is -0.394 e. The molecule has 0 spiro atoms. The summed E-state index contributed by atoms with van der Waals surface area (Å²) in [7, 11) is 0. The Bertz CT molecular complexity index is 908. The van der Waals surface area contributed by atoms with Gasteiger partial charge in [-0.3, -0.25) is 4.79 Å². The van der Waals surface area contributed by atoms with Crippen molar-refractivity contribution < 1.29 is 50.0 Å². The van der Waals surface area contributed by atoms with Gasteiger partial charge in [0.1, 0.15) is 36.6 Å². The number of unbranched alkanes of at least 4 members (excludes halogenated alkanes) is 7. The number of nitrogens with one attached hydrogen (secondary N) is 1. The van der Waals surface area contributed by atoms with Gasteiger partial charge in [0.15, 0.2) is 6.29 Å². The van der Waals surface area contributed by atoms with Crippen LogP contribution in [0.4, 0.5) is 0 Å². The zero-order valence-corrected chi connectivity index (χ0v) is 28.5. The molecule has 0 aromatic heterocycles. The highest BCUT2D eigenvalue weighted by Crippen LogP contribution is 2.22. The molecular formula is C36H63NO10. The second-order valence-corrected chi connectivity index (χ2v) is 12.2. The third-order valence-corrected chi connectivity index (χ3v) is 8.16. The molecule has 1 rings (SSSR count). The van der Waals surface area contributed by atoms with Crippen molar-refractivity contribution in [3.63, 3.8) is 0 Å². The van der Waals surface area contributed by atoms with Crippen molar-refractivity contribution in [2.24, 2.45) is 0 Å². The molecule has 1 aliphatic rings. The highest BCUT2D eigenvalue weighted by Gasteiger charge is 2.44. The third kappa shape index (κ3) is 18.4. The second kappa shape index (κ2) is 27.0. The summed E-state index contributed by atoms with van der Waals surface area (Å²) in [6, 6.07) is -1.20. The van der Waals surface area contributed by atoms with Gasteiger partial charge in [-0.2, -0.15) is 0 Å². The lowest BCUT2D eigenvalue weighted by molar-refractivity contribution is -0.303. The molecule has 11 nitrogen and oxygen atoms in total. The highest BCUT2D eigenvalue weighted by atomic mass is 16.7. The zero-order chi connectivity index (χ0) is 34.9. The SMILES string of the molecule is C/C=C/CC/C=C/CC/C=C/CCCC(O)C(O)C(COC1OC(CO)C(O)C(O)C1O)NC(=O)C(O)CC/C=C\CCCCCC. The normalized spacial score (nSPS) is 24.8. The fourth-order valence-corrected chi connectivity index (χ4v) is 5.12. The molecule has 11 heteroatoms. The van der Waals surface area contributed by atoms with E-state index in [-0.39, 0.29) is 12.8 Å². The van der Waals surface area contributed by atoms with Crippen molar-refractivity contribution in [2.45, 2.75) is 159 Å². The summed E-state index contributed by atoms with van der Waals surface area (Å²) in [4.78, 5) is 12.9. The summed E-state index contributed by atoms with van der Waals surface area (Å²) in [5.74, 6) is -0.756. The maximum absolute atomic E-state index is 12.9. The van der Waals surface area contributed by atoms with Gasteiger partial charge in [-0.25, -0.2) is 0 Å². The first-order chi connectivity index (χ1) is 22.7. The molecule has 1 saturated heterocycles. The van der Waals surface area contributed by atoms with E-state index >= 15 is 0 Å². The van der Waals surface area contributed by atoms with Crippen molar-refractivity contribution in [1.82, 2.24) is 5.32 Å². The molecule has 0 bridgehead atoms. The van der Waals surface area contributed by atoms with Crippen molar-refractivity contribution in [3.8, 4) is 0 Å². The summed E-state index contributed by atoms with van der Waals surface area (Å²) >= 11 is 0. The molecule has 47 heavy (non-hydrogen) atoms. The van der Waals surface area contributed by atoms with Gasteiger partial charge in [-0.1, -0.05) is 74.8 Å². The largest absolute Gasteiger partial charge is 0.394 e. The maximum atomic E-state index is 12.9. The topological polar surface area (TPSA) is 189 Å². The Labute approximate surface area is 281 Å². The Morgan fingerprint density at radius 3 is 1.98 bits per heavy atom. The Hall–Kier alpha value is -1.93. The van der Waals surface area contributed by atoms with E-state index in [1.807, 2.05) is 31.2 Å². The van der Waals surface area contributed by atoms with E-state index in [0.29, 0.717) is 19.3 Å². The van der Waals surface area contributed by atoms with Gasteiger partial charge < -0.3 is 50.5 Å². The van der Waals surface area contributed by atoms with Crippen LogP contribution in [0.5, 0.6) is 0 Å². The fraction of sp³-hybridized carbons (Fsp3) is 0.750. The Morgan fingerprint density at radius 2 is 1.36 bits per heavy atom. The number of hydrogen-bond acceptors (Lipinski definition) is 10. The predicted molar refractivity (Wildman–Crippen MR) is 182 cm³/mol. The van der Waals surface area contributed by atoms with Crippen molar-refractivity contribution >= 4 is 5.91 Å². The molecule has 8 N–H and O–H groups in total. The van der Waals surface area contributed by atoms with E-state index < -0.39 is 74.2 Å². The molecule has 0 aromatic carbocycles. The van der Waals surface area contributed by atoms with Crippen molar-refractivity contribution in [1.29, 1.82) is 0 Å². The second-order valence-electron chi connectivity index (χ2n) is 12.2. The molecule has 1 heterocycles. The molecule has 9 atom stereocenters. The predicted octanol–water partition coefficient (Wildman–Crippen LogP) is 3.10. The summed E-state index contributed by atoms with van der Waals surface area (Å²) in [5.41, 5.74) is 0. The van der Waals surface area contributed by atoms with Gasteiger partial charge in [-0.05, 0) is 77.6 Å². The number of aliphatic hydroxyl groups is 7. The van der Waals surface area contributed by atoms with Crippen molar-refractivity contribution in [2.75, 3.05) is 13.2 Å². The van der Waals surface area contributed by atoms with Crippen LogP contribution in [0.25, 0.3) is 0 Å². The molecule has 9 unspecified atom stereocenters. The average Bonchev–Trinajstić information content (AvgIpc) is 3.07. The fourth-order valence-electron chi connectivity index (χ4n) is 5.12. The molecule has 1 aliphatic heterocycles. The summed E-state index contributed by atoms with van der Waals surface area (Å²) < 4.78 is 10.9. The van der Waals surface area contributed by atoms with Gasteiger partial charge in [0.05, 0.1) is 25.4 Å². The van der Waals surface area contributed by atoms with Crippen LogP contribution in [-0.4, -0.2) is 110 Å². The maximum Gasteiger partial charge on any atom is 0.249 e. The van der Waals surface area contributed by atoms with E-state index in [0.717, 1.165) is 38.5 Å². The minimum absolute atomic E-state index is 0.161. The molecule has 272 valence electrons. The lowest BCUT2D eigenvalue weighted by Crippen LogP contribution is -2.60. The number of carbonyl (C=O) groups excluding carboxylic acids is 1. The van der Waals surface area contributed by atoms with Crippen LogP contribution < -0.4 is 5.32 Å². The molecular weight excluding hydrogens is 606 g/mol. The summed E-state index contributed by atoms with van der Waals surface area (Å²) in [6.07, 6.45) is 16.5. The lowest BCUT2D eigenvalue weighted by atomic mass is 9.99. The van der Waals surface area contributed by atoms with Crippen LogP contribution in [0.2, 0.25) is 0 Å². The molecule has 0 aliphatic carbocycles. The van der Waals surface area contributed by atoms with Gasteiger partial charge in [0.2, 0.25) is 5.91 Å². The first kappa shape index (κ1) is 43.1. The molecule has 1 amide bonds. The van der Waals surface area contributed by atoms with Gasteiger partial charge in [0, 0.05) is 0 Å². The van der Waals surface area contributed by atoms with Crippen molar-refractivity contribution in [3.05, 3.63) is 48.6 Å². The van der Waals surface area contributed by atoms with Crippen LogP contribution in [0.1, 0.15) is 104 Å². The Morgan fingerprint density at radius 1 is 0.766 bits per heavy atom. The standard InChI is InChI=1S/C36H63NO10/c1-3-5-7-9-11-13-14-15-16-18-19-21-23-28(39)31(41)27(26-46-36-34(44)33(43)32(42)30(25-38)47-36)37-35(45)29(40)24-22-20-17-12-10-8-6-4-2/h3,5,11,13,16-18,20,27-34,36,38-44H,4,6-10,12,14-15,19,21-26H2,1-2H3,(H,37,45)/b5-3+,13-11+,18-16+,20-17-. The number of hydrogen-bond donors (Lipinski definition) is 8. The number of amides is 1. The third-order valence-electron chi connectivity index (χ3n) is 8.16. The molecule has 0 aromatic rings. The number of ether oxygens (including phenoxy) is 2. The molecule has 0 radical (unpaired) electrons. The molecule has 1 fully saturated rings. The average molecular weight is 670 g/mol. The highest BCUT2D eigenvalue weighted by molar-refractivity contribution is 5.80. The van der Waals surface area contributed by atoms with Crippen LogP contribution in [0.15, 0.2) is 48.6 Å².